The molecule has 1 aromatic carbocycles. The molecule has 1 saturated heterocycles. The summed E-state index contributed by atoms with van der Waals surface area (Å²) in [5.74, 6) is 0.960. The lowest BCUT2D eigenvalue weighted by Gasteiger charge is -2.35. The van der Waals surface area contributed by atoms with Crippen molar-refractivity contribution in [2.24, 2.45) is 0 Å². The van der Waals surface area contributed by atoms with Crippen molar-refractivity contribution in [1.82, 2.24) is 15.1 Å². The van der Waals surface area contributed by atoms with Crippen molar-refractivity contribution in [2.75, 3.05) is 39.8 Å². The van der Waals surface area contributed by atoms with Gasteiger partial charge in [0.25, 0.3) is 0 Å². The Balaban J connectivity index is 1.91. The molecule has 0 aliphatic carbocycles. The maximum atomic E-state index is 12.6. The number of hydrogen-bond donors (Lipinski definition) is 1. The number of benzene rings is 1. The van der Waals surface area contributed by atoms with E-state index in [0.29, 0.717) is 39.1 Å². The maximum absolute atomic E-state index is 12.6. The Bertz CT molecular complexity index is 623. The summed E-state index contributed by atoms with van der Waals surface area (Å²) in [6.45, 7) is 9.10. The third-order valence-corrected chi connectivity index (χ3v) is 4.86. The van der Waals surface area contributed by atoms with Gasteiger partial charge < -0.3 is 19.9 Å². The van der Waals surface area contributed by atoms with E-state index < -0.39 is 0 Å². The summed E-state index contributed by atoms with van der Waals surface area (Å²) in [6.07, 6.45) is 1.31. The van der Waals surface area contributed by atoms with Crippen LogP contribution < -0.4 is 10.1 Å². The standard InChI is InChI=1S/C19H29N3O3/c1-5-8-20-19(24)22-11-9-21(10-12-22)18(23)13-16-6-7-17(25-4)15(3)14(16)2/h6-7H,5,8-13H2,1-4H3,(H,20,24). The Hall–Kier alpha value is -2.24. The van der Waals surface area contributed by atoms with E-state index in [1.54, 1.807) is 12.0 Å². The first-order valence-corrected chi connectivity index (χ1v) is 8.91. The zero-order valence-electron chi connectivity index (χ0n) is 15.7. The molecule has 0 spiro atoms. The Labute approximate surface area is 150 Å². The van der Waals surface area contributed by atoms with Gasteiger partial charge in [0.2, 0.25) is 5.91 Å². The minimum Gasteiger partial charge on any atom is -0.496 e. The van der Waals surface area contributed by atoms with Crippen molar-refractivity contribution in [3.8, 4) is 5.75 Å². The van der Waals surface area contributed by atoms with Gasteiger partial charge in [-0.2, -0.15) is 0 Å². The molecule has 1 heterocycles. The van der Waals surface area contributed by atoms with Crippen LogP contribution in [0.4, 0.5) is 4.79 Å². The number of piperazine rings is 1. The van der Waals surface area contributed by atoms with Gasteiger partial charge in [0.15, 0.2) is 0 Å². The third kappa shape index (κ3) is 4.65. The van der Waals surface area contributed by atoms with Gasteiger partial charge in [-0.25, -0.2) is 4.79 Å². The van der Waals surface area contributed by atoms with Crippen LogP contribution >= 0.6 is 0 Å². The number of nitrogens with zero attached hydrogens (tertiary/aromatic N) is 2. The van der Waals surface area contributed by atoms with Gasteiger partial charge in [-0.05, 0) is 43.0 Å². The Morgan fingerprint density at radius 3 is 2.32 bits per heavy atom. The highest BCUT2D eigenvalue weighted by Crippen LogP contribution is 2.24. The zero-order chi connectivity index (χ0) is 18.4. The fraction of sp³-hybridized carbons (Fsp3) is 0.579. The van der Waals surface area contributed by atoms with Crippen LogP contribution in [0.15, 0.2) is 12.1 Å². The van der Waals surface area contributed by atoms with Crippen LogP contribution in [-0.4, -0.2) is 61.6 Å². The molecule has 0 unspecified atom stereocenters. The average Bonchev–Trinajstić information content (AvgIpc) is 2.63. The minimum atomic E-state index is -0.0319. The molecular weight excluding hydrogens is 318 g/mol. The van der Waals surface area contributed by atoms with Crippen LogP contribution in [0.3, 0.4) is 0 Å². The quantitative estimate of drug-likeness (QED) is 0.887. The SMILES string of the molecule is CCCNC(=O)N1CCN(C(=O)Cc2ccc(OC)c(C)c2C)CC1. The molecule has 0 atom stereocenters. The lowest BCUT2D eigenvalue weighted by molar-refractivity contribution is -0.131. The summed E-state index contributed by atoms with van der Waals surface area (Å²) in [5.41, 5.74) is 3.21. The summed E-state index contributed by atoms with van der Waals surface area (Å²) in [7, 11) is 1.66. The Morgan fingerprint density at radius 1 is 1.08 bits per heavy atom. The highest BCUT2D eigenvalue weighted by atomic mass is 16.5. The van der Waals surface area contributed by atoms with Crippen LogP contribution in [0, 0.1) is 13.8 Å². The number of carbonyl (C=O) groups excluding carboxylic acids is 2. The predicted octanol–water partition coefficient (Wildman–Crippen LogP) is 2.12. The molecule has 0 saturated carbocycles. The molecule has 1 fully saturated rings. The monoisotopic (exact) mass is 347 g/mol. The van der Waals surface area contributed by atoms with Crippen molar-refractivity contribution < 1.29 is 14.3 Å². The number of amides is 3. The number of carbonyl (C=O) groups is 2. The smallest absolute Gasteiger partial charge is 0.317 e. The second-order valence-electron chi connectivity index (χ2n) is 6.45. The van der Waals surface area contributed by atoms with Crippen molar-refractivity contribution in [1.29, 1.82) is 0 Å². The van der Waals surface area contributed by atoms with Crippen molar-refractivity contribution >= 4 is 11.9 Å². The molecule has 6 heteroatoms. The molecule has 1 aromatic rings. The van der Waals surface area contributed by atoms with Gasteiger partial charge in [-0.15, -0.1) is 0 Å². The summed E-state index contributed by atoms with van der Waals surface area (Å²) in [4.78, 5) is 28.2. The van der Waals surface area contributed by atoms with Gasteiger partial charge in [-0.1, -0.05) is 13.0 Å². The van der Waals surface area contributed by atoms with Crippen molar-refractivity contribution in [3.05, 3.63) is 28.8 Å². The molecular formula is C19H29N3O3. The molecule has 3 amide bonds. The minimum absolute atomic E-state index is 0.0319. The van der Waals surface area contributed by atoms with Crippen LogP contribution in [-0.2, 0) is 11.2 Å². The molecule has 1 aliphatic heterocycles. The van der Waals surface area contributed by atoms with Gasteiger partial charge >= 0.3 is 6.03 Å². The highest BCUT2D eigenvalue weighted by Gasteiger charge is 2.24. The first kappa shape index (κ1) is 19.1. The molecule has 6 nitrogen and oxygen atoms in total. The predicted molar refractivity (Wildman–Crippen MR) is 98.0 cm³/mol. The second-order valence-corrected chi connectivity index (χ2v) is 6.45. The number of hydrogen-bond acceptors (Lipinski definition) is 3. The van der Waals surface area contributed by atoms with E-state index in [0.717, 1.165) is 28.9 Å². The van der Waals surface area contributed by atoms with Gasteiger partial charge in [0.1, 0.15) is 5.75 Å². The molecule has 25 heavy (non-hydrogen) atoms. The first-order chi connectivity index (χ1) is 12.0. The molecule has 2 rings (SSSR count). The van der Waals surface area contributed by atoms with Crippen LogP contribution in [0.2, 0.25) is 0 Å². The summed E-state index contributed by atoms with van der Waals surface area (Å²) in [6, 6.07) is 3.85. The van der Waals surface area contributed by atoms with Gasteiger partial charge in [-0.3, -0.25) is 4.79 Å². The average molecular weight is 347 g/mol. The molecule has 138 valence electrons. The largest absolute Gasteiger partial charge is 0.496 e. The Morgan fingerprint density at radius 2 is 1.72 bits per heavy atom. The van der Waals surface area contributed by atoms with E-state index in [2.05, 4.69) is 5.32 Å². The van der Waals surface area contributed by atoms with Gasteiger partial charge in [0, 0.05) is 32.7 Å². The van der Waals surface area contributed by atoms with Crippen LogP contribution in [0.1, 0.15) is 30.0 Å². The van der Waals surface area contributed by atoms with E-state index in [-0.39, 0.29) is 11.9 Å². The fourth-order valence-corrected chi connectivity index (χ4v) is 3.04. The molecule has 1 aliphatic rings. The van der Waals surface area contributed by atoms with Crippen molar-refractivity contribution in [2.45, 2.75) is 33.6 Å². The lowest BCUT2D eigenvalue weighted by atomic mass is 9.99. The van der Waals surface area contributed by atoms with E-state index >= 15 is 0 Å². The van der Waals surface area contributed by atoms with E-state index in [1.807, 2.05) is 37.8 Å². The normalized spacial score (nSPS) is 14.4. The number of ether oxygens (including phenoxy) is 1. The van der Waals surface area contributed by atoms with Crippen molar-refractivity contribution in [3.63, 3.8) is 0 Å². The molecule has 1 N–H and O–H groups in total. The number of urea groups is 1. The maximum Gasteiger partial charge on any atom is 0.317 e. The zero-order valence-corrected chi connectivity index (χ0v) is 15.7. The number of rotatable bonds is 5. The second kappa shape index (κ2) is 8.74. The highest BCUT2D eigenvalue weighted by molar-refractivity contribution is 5.80. The van der Waals surface area contributed by atoms with Crippen LogP contribution in [0.5, 0.6) is 5.75 Å². The summed E-state index contributed by atoms with van der Waals surface area (Å²) >= 11 is 0. The topological polar surface area (TPSA) is 61.9 Å². The number of nitrogens with one attached hydrogen (secondary N) is 1. The van der Waals surface area contributed by atoms with E-state index in [4.69, 9.17) is 4.74 Å². The molecule has 0 aromatic heterocycles. The van der Waals surface area contributed by atoms with Gasteiger partial charge in [0.05, 0.1) is 13.5 Å². The number of methoxy groups -OCH3 is 1. The van der Waals surface area contributed by atoms with E-state index in [1.165, 1.54) is 0 Å². The molecule has 0 bridgehead atoms. The fourth-order valence-electron chi connectivity index (χ4n) is 3.04. The molecule has 0 radical (unpaired) electrons. The summed E-state index contributed by atoms with van der Waals surface area (Å²) < 4.78 is 5.33. The van der Waals surface area contributed by atoms with E-state index in [9.17, 15) is 9.59 Å². The Kier molecular flexibility index (Phi) is 6.67. The van der Waals surface area contributed by atoms with Crippen LogP contribution in [0.25, 0.3) is 0 Å². The first-order valence-electron chi connectivity index (χ1n) is 8.91. The lowest BCUT2D eigenvalue weighted by Crippen LogP contribution is -2.53. The summed E-state index contributed by atoms with van der Waals surface area (Å²) in [5, 5.41) is 2.88. The third-order valence-electron chi connectivity index (χ3n) is 4.86.